The third kappa shape index (κ3) is 3.64. The Kier molecular flexibility index (Phi) is 5.40. The van der Waals surface area contributed by atoms with Gasteiger partial charge in [-0.25, -0.2) is 8.42 Å². The molecule has 0 bridgehead atoms. The highest BCUT2D eigenvalue weighted by molar-refractivity contribution is 9.10. The second-order valence-corrected chi connectivity index (χ2v) is 7.78. The molecular formula is C14H19BrN2O3S. The molecule has 0 radical (unpaired) electrons. The zero-order chi connectivity index (χ0) is 15.5. The topological polar surface area (TPSA) is 66.5 Å². The van der Waals surface area contributed by atoms with E-state index in [4.69, 9.17) is 0 Å². The fraction of sp³-hybridized carbons (Fsp3) is 0.500. The molecule has 2 rings (SSSR count). The molecular weight excluding hydrogens is 356 g/mol. The van der Waals surface area contributed by atoms with Crippen LogP contribution < -0.4 is 5.32 Å². The van der Waals surface area contributed by atoms with Gasteiger partial charge in [-0.15, -0.1) is 0 Å². The predicted molar refractivity (Wildman–Crippen MR) is 84.4 cm³/mol. The first-order chi connectivity index (χ1) is 9.96. The number of hydrogen-bond acceptors (Lipinski definition) is 3. The predicted octanol–water partition coefficient (Wildman–Crippen LogP) is 2.13. The zero-order valence-electron chi connectivity index (χ0n) is 11.9. The number of nitrogens with zero attached hydrogens (tertiary/aromatic N) is 1. The Morgan fingerprint density at radius 2 is 2.00 bits per heavy atom. The Hall–Kier alpha value is -0.920. The van der Waals surface area contributed by atoms with E-state index in [1.165, 1.54) is 4.31 Å². The lowest BCUT2D eigenvalue weighted by Gasteiger charge is -2.33. The monoisotopic (exact) mass is 374 g/mol. The number of carbonyl (C=O) groups is 1. The quantitative estimate of drug-likeness (QED) is 0.877. The van der Waals surface area contributed by atoms with Crippen molar-refractivity contribution in [3.05, 3.63) is 28.7 Å². The molecule has 7 heteroatoms. The summed E-state index contributed by atoms with van der Waals surface area (Å²) >= 11 is 3.29. The number of rotatable bonds is 4. The maximum Gasteiger partial charge on any atom is 0.243 e. The number of halogens is 1. The molecule has 0 unspecified atom stereocenters. The van der Waals surface area contributed by atoms with Crippen LogP contribution in [0.4, 0.5) is 0 Å². The average molecular weight is 375 g/mol. The number of nitrogens with one attached hydrogen (secondary N) is 1. The number of sulfonamides is 1. The minimum Gasteiger partial charge on any atom is -0.355 e. The molecule has 1 fully saturated rings. The molecule has 0 saturated carbocycles. The van der Waals surface area contributed by atoms with Crippen LogP contribution in [0.5, 0.6) is 0 Å². The number of amides is 1. The fourth-order valence-electron chi connectivity index (χ4n) is 2.49. The number of hydrogen-bond donors (Lipinski definition) is 1. The van der Waals surface area contributed by atoms with E-state index in [9.17, 15) is 13.2 Å². The summed E-state index contributed by atoms with van der Waals surface area (Å²) in [6.07, 6.45) is 2.22. The lowest BCUT2D eigenvalue weighted by molar-refractivity contribution is -0.125. The summed E-state index contributed by atoms with van der Waals surface area (Å²) in [6, 6.07) is 5.90. The summed E-state index contributed by atoms with van der Waals surface area (Å²) in [4.78, 5) is 12.3. The molecule has 1 aromatic rings. The molecule has 1 N–H and O–H groups in total. The normalized spacial score (nSPS) is 20.2. The summed E-state index contributed by atoms with van der Waals surface area (Å²) in [5.41, 5.74) is 0. The van der Waals surface area contributed by atoms with E-state index >= 15 is 0 Å². The van der Waals surface area contributed by atoms with E-state index in [1.807, 2.05) is 6.92 Å². The molecule has 21 heavy (non-hydrogen) atoms. The third-order valence-corrected chi connectivity index (χ3v) is 5.98. The van der Waals surface area contributed by atoms with Gasteiger partial charge < -0.3 is 5.32 Å². The maximum absolute atomic E-state index is 12.7. The zero-order valence-corrected chi connectivity index (χ0v) is 14.3. The number of piperidine rings is 1. The SMILES string of the molecule is CCNC(=O)[C@H]1CCCCN1S(=O)(=O)c1ccc(Br)cc1. The van der Waals surface area contributed by atoms with Gasteiger partial charge >= 0.3 is 0 Å². The molecule has 1 aliphatic heterocycles. The highest BCUT2D eigenvalue weighted by atomic mass is 79.9. The minimum absolute atomic E-state index is 0.210. The molecule has 1 amide bonds. The number of benzene rings is 1. The average Bonchev–Trinajstić information content (AvgIpc) is 2.48. The summed E-state index contributed by atoms with van der Waals surface area (Å²) in [5.74, 6) is -0.210. The molecule has 1 saturated heterocycles. The van der Waals surface area contributed by atoms with Crippen LogP contribution in [0, 0.1) is 0 Å². The first kappa shape index (κ1) is 16.5. The van der Waals surface area contributed by atoms with Gasteiger partial charge in [0.1, 0.15) is 6.04 Å². The van der Waals surface area contributed by atoms with Crippen molar-refractivity contribution < 1.29 is 13.2 Å². The third-order valence-electron chi connectivity index (χ3n) is 3.53. The van der Waals surface area contributed by atoms with Crippen LogP contribution in [-0.2, 0) is 14.8 Å². The van der Waals surface area contributed by atoms with Crippen LogP contribution in [0.3, 0.4) is 0 Å². The van der Waals surface area contributed by atoms with Crippen LogP contribution in [0.25, 0.3) is 0 Å². The second-order valence-electron chi connectivity index (χ2n) is 4.98. The second kappa shape index (κ2) is 6.89. The molecule has 5 nitrogen and oxygen atoms in total. The highest BCUT2D eigenvalue weighted by Crippen LogP contribution is 2.26. The van der Waals surface area contributed by atoms with E-state index in [0.29, 0.717) is 19.5 Å². The van der Waals surface area contributed by atoms with E-state index in [1.54, 1.807) is 24.3 Å². The summed E-state index contributed by atoms with van der Waals surface area (Å²) in [5, 5.41) is 2.73. The van der Waals surface area contributed by atoms with E-state index in [-0.39, 0.29) is 10.8 Å². The van der Waals surface area contributed by atoms with Crippen LogP contribution in [0.2, 0.25) is 0 Å². The van der Waals surface area contributed by atoms with Gasteiger partial charge in [0.05, 0.1) is 4.90 Å². The van der Waals surface area contributed by atoms with Crippen LogP contribution >= 0.6 is 15.9 Å². The molecule has 1 heterocycles. The van der Waals surface area contributed by atoms with Crippen molar-refractivity contribution in [2.45, 2.75) is 37.1 Å². The van der Waals surface area contributed by atoms with Crippen LogP contribution in [-0.4, -0.2) is 37.8 Å². The molecule has 0 aromatic heterocycles. The molecule has 1 aliphatic rings. The molecule has 1 atom stereocenters. The lowest BCUT2D eigenvalue weighted by atomic mass is 10.0. The molecule has 116 valence electrons. The van der Waals surface area contributed by atoms with Gasteiger partial charge in [0.15, 0.2) is 0 Å². The maximum atomic E-state index is 12.7. The van der Waals surface area contributed by atoms with Gasteiger partial charge in [-0.05, 0) is 44.0 Å². The van der Waals surface area contributed by atoms with Crippen LogP contribution in [0.1, 0.15) is 26.2 Å². The molecule has 0 spiro atoms. The van der Waals surface area contributed by atoms with Crippen molar-refractivity contribution in [2.24, 2.45) is 0 Å². The van der Waals surface area contributed by atoms with E-state index in [0.717, 1.165) is 17.3 Å². The van der Waals surface area contributed by atoms with E-state index < -0.39 is 16.1 Å². The van der Waals surface area contributed by atoms with Crippen molar-refractivity contribution in [1.29, 1.82) is 0 Å². The Labute approximate surface area is 133 Å². The summed E-state index contributed by atoms with van der Waals surface area (Å²) < 4.78 is 27.7. The van der Waals surface area contributed by atoms with E-state index in [2.05, 4.69) is 21.2 Å². The van der Waals surface area contributed by atoms with Gasteiger partial charge in [0, 0.05) is 17.6 Å². The first-order valence-corrected chi connectivity index (χ1v) is 9.25. The van der Waals surface area contributed by atoms with Crippen molar-refractivity contribution in [1.82, 2.24) is 9.62 Å². The number of carbonyl (C=O) groups excluding carboxylic acids is 1. The van der Waals surface area contributed by atoms with Gasteiger partial charge in [-0.1, -0.05) is 22.4 Å². The Morgan fingerprint density at radius 3 is 2.62 bits per heavy atom. The van der Waals surface area contributed by atoms with Gasteiger partial charge in [-0.2, -0.15) is 4.31 Å². The Morgan fingerprint density at radius 1 is 1.33 bits per heavy atom. The lowest BCUT2D eigenvalue weighted by Crippen LogP contribution is -2.51. The van der Waals surface area contributed by atoms with Crippen molar-refractivity contribution in [2.75, 3.05) is 13.1 Å². The minimum atomic E-state index is -3.64. The number of likely N-dealkylation sites (N-methyl/N-ethyl adjacent to an activating group) is 1. The first-order valence-electron chi connectivity index (χ1n) is 7.02. The van der Waals surface area contributed by atoms with Gasteiger partial charge in [-0.3, -0.25) is 4.79 Å². The van der Waals surface area contributed by atoms with Gasteiger partial charge in [0.25, 0.3) is 0 Å². The summed E-state index contributed by atoms with van der Waals surface area (Å²) in [6.45, 7) is 2.72. The Bertz CT molecular complexity index is 601. The summed E-state index contributed by atoms with van der Waals surface area (Å²) in [7, 11) is -3.64. The molecule has 0 aliphatic carbocycles. The van der Waals surface area contributed by atoms with Crippen molar-refractivity contribution in [3.63, 3.8) is 0 Å². The van der Waals surface area contributed by atoms with Gasteiger partial charge in [0.2, 0.25) is 15.9 Å². The van der Waals surface area contributed by atoms with Crippen molar-refractivity contribution >= 4 is 31.9 Å². The fourth-order valence-corrected chi connectivity index (χ4v) is 4.41. The Balaban J connectivity index is 2.31. The molecule has 1 aromatic carbocycles. The van der Waals surface area contributed by atoms with Crippen molar-refractivity contribution in [3.8, 4) is 0 Å². The van der Waals surface area contributed by atoms with Crippen LogP contribution in [0.15, 0.2) is 33.6 Å². The smallest absolute Gasteiger partial charge is 0.243 e. The highest BCUT2D eigenvalue weighted by Gasteiger charge is 2.37. The standard InChI is InChI=1S/C14H19BrN2O3S/c1-2-16-14(18)13-5-3-4-10-17(13)21(19,20)12-8-6-11(15)7-9-12/h6-9,13H,2-5,10H2,1H3,(H,16,18)/t13-/m1/s1. The largest absolute Gasteiger partial charge is 0.355 e.